The second kappa shape index (κ2) is 5.90. The average Bonchev–Trinajstić information content (AvgIpc) is 2.35. The number of halogens is 1. The Morgan fingerprint density at radius 1 is 1.32 bits per heavy atom. The Kier molecular flexibility index (Phi) is 4.95. The van der Waals surface area contributed by atoms with Crippen molar-refractivity contribution in [1.29, 1.82) is 0 Å². The van der Waals surface area contributed by atoms with Crippen LogP contribution in [0.15, 0.2) is 29.2 Å². The molecule has 0 atom stereocenters. The normalized spacial score (nSPS) is 12.2. The van der Waals surface area contributed by atoms with Crippen molar-refractivity contribution in [1.82, 2.24) is 5.32 Å². The summed E-state index contributed by atoms with van der Waals surface area (Å²) in [5, 5.41) is 2.70. The third kappa shape index (κ3) is 4.81. The van der Waals surface area contributed by atoms with Gasteiger partial charge in [0.2, 0.25) is 0 Å². The quantitative estimate of drug-likeness (QED) is 0.842. The summed E-state index contributed by atoms with van der Waals surface area (Å²) in [5.74, 6) is -0.302. The first-order chi connectivity index (χ1) is 8.65. The summed E-state index contributed by atoms with van der Waals surface area (Å²) >= 11 is 0. The molecule has 0 spiro atoms. The molecule has 0 saturated carbocycles. The van der Waals surface area contributed by atoms with Crippen molar-refractivity contribution < 1.29 is 17.9 Å². The smallest absolute Gasteiger partial charge is 0.261 e. The van der Waals surface area contributed by atoms with Crippen LogP contribution in [0.1, 0.15) is 24.2 Å². The lowest BCUT2D eigenvalue weighted by Gasteiger charge is -2.23. The van der Waals surface area contributed by atoms with Crippen LogP contribution < -0.4 is 5.32 Å². The summed E-state index contributed by atoms with van der Waals surface area (Å²) < 4.78 is 27.3. The molecule has 0 aliphatic heterocycles. The molecule has 19 heavy (non-hydrogen) atoms. The first-order valence-corrected chi connectivity index (χ1v) is 7.85. The molecule has 106 valence electrons. The zero-order valence-electron chi connectivity index (χ0n) is 10.9. The molecule has 0 unspecified atom stereocenters. The van der Waals surface area contributed by atoms with Crippen molar-refractivity contribution in [3.63, 3.8) is 0 Å². The molecular formula is C12H16ClNO4S. The molecule has 1 aromatic rings. The van der Waals surface area contributed by atoms with Gasteiger partial charge in [0.05, 0.1) is 10.5 Å². The zero-order valence-corrected chi connectivity index (χ0v) is 12.5. The van der Waals surface area contributed by atoms with Gasteiger partial charge in [-0.3, -0.25) is 4.79 Å². The van der Waals surface area contributed by atoms with E-state index in [-0.39, 0.29) is 10.8 Å². The van der Waals surface area contributed by atoms with E-state index in [4.69, 9.17) is 15.4 Å². The number of rotatable bonds is 5. The van der Waals surface area contributed by atoms with Crippen LogP contribution in [0.4, 0.5) is 0 Å². The summed E-state index contributed by atoms with van der Waals surface area (Å²) in [4.78, 5) is 11.8. The maximum absolute atomic E-state index is 11.8. The number of ether oxygens (including phenoxy) is 1. The number of amides is 1. The van der Waals surface area contributed by atoms with Crippen LogP contribution in [-0.2, 0) is 13.8 Å². The van der Waals surface area contributed by atoms with Gasteiger partial charge in [-0.05, 0) is 38.1 Å². The average molecular weight is 306 g/mol. The fourth-order valence-electron chi connectivity index (χ4n) is 1.24. The number of carbonyl (C=O) groups excluding carboxylic acids is 1. The molecule has 0 aliphatic rings. The van der Waals surface area contributed by atoms with E-state index in [2.05, 4.69) is 5.32 Å². The van der Waals surface area contributed by atoms with Crippen LogP contribution in [0, 0.1) is 0 Å². The highest BCUT2D eigenvalue weighted by atomic mass is 35.7. The van der Waals surface area contributed by atoms with Crippen LogP contribution >= 0.6 is 10.7 Å². The summed E-state index contributed by atoms with van der Waals surface area (Å²) in [5.41, 5.74) is -0.106. The first-order valence-electron chi connectivity index (χ1n) is 5.54. The largest absolute Gasteiger partial charge is 0.377 e. The molecule has 0 bridgehead atoms. The van der Waals surface area contributed by atoms with Gasteiger partial charge >= 0.3 is 0 Å². The lowest BCUT2D eigenvalue weighted by atomic mass is 10.1. The Balaban J connectivity index is 2.74. The summed E-state index contributed by atoms with van der Waals surface area (Å²) in [6.07, 6.45) is 0. The highest BCUT2D eigenvalue weighted by molar-refractivity contribution is 8.13. The minimum Gasteiger partial charge on any atom is -0.377 e. The highest BCUT2D eigenvalue weighted by Gasteiger charge is 2.18. The van der Waals surface area contributed by atoms with Gasteiger partial charge in [-0.1, -0.05) is 0 Å². The third-order valence-corrected chi connectivity index (χ3v) is 4.00. The first kappa shape index (κ1) is 15.9. The minimum atomic E-state index is -3.76. The summed E-state index contributed by atoms with van der Waals surface area (Å²) in [6.45, 7) is 4.03. The monoisotopic (exact) mass is 305 g/mol. The van der Waals surface area contributed by atoms with Gasteiger partial charge in [-0.25, -0.2) is 8.42 Å². The Morgan fingerprint density at radius 2 is 1.84 bits per heavy atom. The van der Waals surface area contributed by atoms with E-state index in [1.807, 2.05) is 13.8 Å². The van der Waals surface area contributed by atoms with Gasteiger partial charge < -0.3 is 10.1 Å². The molecule has 1 rings (SSSR count). The van der Waals surface area contributed by atoms with E-state index in [9.17, 15) is 13.2 Å². The van der Waals surface area contributed by atoms with Crippen molar-refractivity contribution in [3.8, 4) is 0 Å². The molecule has 0 radical (unpaired) electrons. The Labute approximate surface area is 117 Å². The van der Waals surface area contributed by atoms with Crippen LogP contribution in [0.5, 0.6) is 0 Å². The van der Waals surface area contributed by atoms with Crippen molar-refractivity contribution in [3.05, 3.63) is 29.8 Å². The molecule has 0 fully saturated rings. The number of nitrogens with one attached hydrogen (secondary N) is 1. The summed E-state index contributed by atoms with van der Waals surface area (Å²) in [6, 6.07) is 5.40. The maximum Gasteiger partial charge on any atom is 0.261 e. The lowest BCUT2D eigenvalue weighted by Crippen LogP contribution is -2.39. The highest BCUT2D eigenvalue weighted by Crippen LogP contribution is 2.15. The van der Waals surface area contributed by atoms with Crippen LogP contribution in [0.3, 0.4) is 0 Å². The number of carbonyl (C=O) groups is 1. The molecule has 0 heterocycles. The molecule has 1 aromatic carbocycles. The standard InChI is InChI=1S/C12H16ClNO4S/c1-12(2,18-3)8-14-11(15)9-4-6-10(7-5-9)19(13,16)17/h4-7H,8H2,1-3H3,(H,14,15). The van der Waals surface area contributed by atoms with Crippen molar-refractivity contribution in [2.75, 3.05) is 13.7 Å². The molecule has 7 heteroatoms. The van der Waals surface area contributed by atoms with Gasteiger partial charge in [0.25, 0.3) is 15.0 Å². The van der Waals surface area contributed by atoms with E-state index in [1.54, 1.807) is 7.11 Å². The fourth-order valence-corrected chi connectivity index (χ4v) is 2.01. The predicted molar refractivity (Wildman–Crippen MR) is 72.9 cm³/mol. The molecule has 1 amide bonds. The van der Waals surface area contributed by atoms with Crippen LogP contribution in [-0.4, -0.2) is 33.6 Å². The van der Waals surface area contributed by atoms with Crippen molar-refractivity contribution in [2.24, 2.45) is 0 Å². The van der Waals surface area contributed by atoms with Crippen molar-refractivity contribution in [2.45, 2.75) is 24.3 Å². The van der Waals surface area contributed by atoms with Gasteiger partial charge in [0, 0.05) is 29.9 Å². The van der Waals surface area contributed by atoms with Crippen LogP contribution in [0.25, 0.3) is 0 Å². The Bertz CT molecular complexity index is 552. The maximum atomic E-state index is 11.8. The second-order valence-electron chi connectivity index (χ2n) is 4.61. The second-order valence-corrected chi connectivity index (χ2v) is 7.17. The predicted octanol–water partition coefficient (Wildman–Crippen LogP) is 1.77. The van der Waals surface area contributed by atoms with Crippen molar-refractivity contribution >= 4 is 25.6 Å². The van der Waals surface area contributed by atoms with E-state index in [1.165, 1.54) is 24.3 Å². The van der Waals surface area contributed by atoms with E-state index < -0.39 is 14.7 Å². The van der Waals surface area contributed by atoms with E-state index >= 15 is 0 Å². The minimum absolute atomic E-state index is 0.0389. The topological polar surface area (TPSA) is 72.5 Å². The Morgan fingerprint density at radius 3 is 2.26 bits per heavy atom. The molecule has 5 nitrogen and oxygen atoms in total. The van der Waals surface area contributed by atoms with E-state index in [0.29, 0.717) is 12.1 Å². The SMILES string of the molecule is COC(C)(C)CNC(=O)c1ccc(S(=O)(=O)Cl)cc1. The third-order valence-electron chi connectivity index (χ3n) is 2.63. The van der Waals surface area contributed by atoms with Gasteiger partial charge in [-0.2, -0.15) is 0 Å². The Hall–Kier alpha value is -1.11. The lowest BCUT2D eigenvalue weighted by molar-refractivity contribution is 0.0229. The molecule has 0 aromatic heterocycles. The number of hydrogen-bond donors (Lipinski definition) is 1. The van der Waals surface area contributed by atoms with Gasteiger partial charge in [-0.15, -0.1) is 0 Å². The fraction of sp³-hybridized carbons (Fsp3) is 0.417. The number of methoxy groups -OCH3 is 1. The summed E-state index contributed by atoms with van der Waals surface area (Å²) in [7, 11) is 2.98. The number of benzene rings is 1. The molecule has 1 N–H and O–H groups in total. The van der Waals surface area contributed by atoms with Gasteiger partial charge in [0.15, 0.2) is 0 Å². The molecule has 0 aliphatic carbocycles. The molecular weight excluding hydrogens is 290 g/mol. The zero-order chi connectivity index (χ0) is 14.7. The van der Waals surface area contributed by atoms with Gasteiger partial charge in [0.1, 0.15) is 0 Å². The van der Waals surface area contributed by atoms with Crippen LogP contribution in [0.2, 0.25) is 0 Å². The molecule has 0 saturated heterocycles. The number of hydrogen-bond acceptors (Lipinski definition) is 4. The van der Waals surface area contributed by atoms with E-state index in [0.717, 1.165) is 0 Å².